The van der Waals surface area contributed by atoms with E-state index in [2.05, 4.69) is 62.9 Å². The van der Waals surface area contributed by atoms with Gasteiger partial charge in [-0.05, 0) is 55.6 Å². The molecule has 1 heterocycles. The van der Waals surface area contributed by atoms with Gasteiger partial charge in [0.2, 0.25) is 0 Å². The Morgan fingerprint density at radius 2 is 1.77 bits per heavy atom. The van der Waals surface area contributed by atoms with E-state index < -0.39 is 0 Å². The number of hydrogen-bond donors (Lipinski definition) is 3. The van der Waals surface area contributed by atoms with Crippen molar-refractivity contribution in [3.8, 4) is 16.9 Å². The number of hydrogen-bond acceptors (Lipinski definition) is 5. The average molecular weight is 497 g/mol. The second-order valence-corrected chi connectivity index (χ2v) is 10.2. The summed E-state index contributed by atoms with van der Waals surface area (Å²) >= 11 is 8.71. The van der Waals surface area contributed by atoms with Crippen molar-refractivity contribution in [1.82, 2.24) is 4.98 Å². The van der Waals surface area contributed by atoms with Crippen LogP contribution in [0, 0.1) is 0 Å². The van der Waals surface area contributed by atoms with Crippen molar-refractivity contribution >= 4 is 59.7 Å². The third-order valence-electron chi connectivity index (χ3n) is 3.84. The Balaban J connectivity index is 1.93. The van der Waals surface area contributed by atoms with Gasteiger partial charge in [-0.25, -0.2) is 4.98 Å². The molecule has 0 spiro atoms. The number of aromatic nitrogens is 1. The van der Waals surface area contributed by atoms with Crippen LogP contribution in [0.5, 0.6) is 5.75 Å². The minimum Gasteiger partial charge on any atom is -0.507 e. The Kier molecular flexibility index (Phi) is 5.33. The van der Waals surface area contributed by atoms with Crippen molar-refractivity contribution in [2.45, 2.75) is 26.2 Å². The largest absolute Gasteiger partial charge is 0.507 e. The van der Waals surface area contributed by atoms with Crippen LogP contribution < -0.4 is 11.1 Å². The molecule has 0 aliphatic rings. The molecule has 7 heteroatoms. The smallest absolute Gasteiger partial charge is 0.188 e. The zero-order valence-corrected chi connectivity index (χ0v) is 18.6. The van der Waals surface area contributed by atoms with Gasteiger partial charge in [-0.3, -0.25) is 0 Å². The first-order valence-electron chi connectivity index (χ1n) is 7.97. The number of thiazole rings is 1. The topological polar surface area (TPSA) is 71.2 Å². The van der Waals surface area contributed by atoms with Crippen molar-refractivity contribution in [2.24, 2.45) is 0 Å². The van der Waals surface area contributed by atoms with Crippen molar-refractivity contribution < 1.29 is 5.11 Å². The number of halogens is 2. The van der Waals surface area contributed by atoms with Gasteiger partial charge in [-0.2, -0.15) is 0 Å². The Hall–Kier alpha value is -1.57. The van der Waals surface area contributed by atoms with Gasteiger partial charge in [0.25, 0.3) is 0 Å². The van der Waals surface area contributed by atoms with Crippen molar-refractivity contribution in [3.05, 3.63) is 50.4 Å². The summed E-state index contributed by atoms with van der Waals surface area (Å²) in [7, 11) is 0. The molecular formula is C19H19Br2N3OS. The van der Waals surface area contributed by atoms with E-state index in [4.69, 9.17) is 5.73 Å². The Morgan fingerprint density at radius 1 is 1.12 bits per heavy atom. The normalized spacial score (nSPS) is 11.6. The second kappa shape index (κ2) is 7.21. The molecule has 0 amide bonds. The zero-order chi connectivity index (χ0) is 19.1. The summed E-state index contributed by atoms with van der Waals surface area (Å²) in [5.74, 6) is 0.187. The number of phenolic OH excluding ortho intramolecular Hbond substituents is 1. The summed E-state index contributed by atoms with van der Waals surface area (Å²) in [5.41, 5.74) is 9.77. The highest BCUT2D eigenvalue weighted by molar-refractivity contribution is 9.11. The molecule has 0 saturated heterocycles. The fraction of sp³-hybridized carbons (Fsp3) is 0.211. The van der Waals surface area contributed by atoms with Gasteiger partial charge in [-0.1, -0.05) is 44.2 Å². The number of nitrogens with zero attached hydrogens (tertiary/aromatic N) is 1. The molecule has 0 unspecified atom stereocenters. The lowest BCUT2D eigenvalue weighted by molar-refractivity contribution is 0.477. The quantitative estimate of drug-likeness (QED) is 0.354. The van der Waals surface area contributed by atoms with Gasteiger partial charge in [0.1, 0.15) is 5.75 Å². The van der Waals surface area contributed by atoms with Gasteiger partial charge in [0.05, 0.1) is 15.2 Å². The fourth-order valence-corrected chi connectivity index (χ4v) is 4.99. The number of nitrogens with two attached hydrogens (primary N) is 1. The van der Waals surface area contributed by atoms with Crippen LogP contribution >= 0.6 is 43.2 Å². The molecule has 136 valence electrons. The van der Waals surface area contributed by atoms with E-state index >= 15 is 0 Å². The van der Waals surface area contributed by atoms with Crippen LogP contribution in [0.1, 0.15) is 26.5 Å². The van der Waals surface area contributed by atoms with Crippen LogP contribution in [0.15, 0.2) is 44.7 Å². The van der Waals surface area contributed by atoms with Crippen LogP contribution in [0.4, 0.5) is 16.5 Å². The number of nitrogen functional groups attached to an aromatic ring is 1. The Morgan fingerprint density at radius 3 is 2.35 bits per heavy atom. The summed E-state index contributed by atoms with van der Waals surface area (Å²) < 4.78 is 1.84. The number of nitrogens with one attached hydrogen (secondary N) is 1. The zero-order valence-electron chi connectivity index (χ0n) is 14.6. The molecule has 0 bridgehead atoms. The third kappa shape index (κ3) is 4.05. The third-order valence-corrected chi connectivity index (χ3v) is 6.12. The van der Waals surface area contributed by atoms with E-state index in [1.807, 2.05) is 30.3 Å². The maximum atomic E-state index is 10.5. The molecule has 0 radical (unpaired) electrons. The van der Waals surface area contributed by atoms with Gasteiger partial charge >= 0.3 is 0 Å². The van der Waals surface area contributed by atoms with Crippen molar-refractivity contribution in [3.63, 3.8) is 0 Å². The predicted molar refractivity (Wildman–Crippen MR) is 117 cm³/mol. The lowest BCUT2D eigenvalue weighted by Crippen LogP contribution is -2.12. The van der Waals surface area contributed by atoms with Crippen LogP contribution in [-0.4, -0.2) is 10.1 Å². The van der Waals surface area contributed by atoms with E-state index in [9.17, 15) is 5.11 Å². The minimum absolute atomic E-state index is 0.0480. The molecule has 0 saturated carbocycles. The number of benzene rings is 2. The van der Waals surface area contributed by atoms with Gasteiger partial charge in [-0.15, -0.1) is 0 Å². The highest BCUT2D eigenvalue weighted by Crippen LogP contribution is 2.41. The molecular weight excluding hydrogens is 478 g/mol. The standard InChI is InChI=1S/C19H19Br2N3OS/c1-19(2,3)16-17(21)26-18(24-16)23-14-9-15(25)12(8-13(14)20)10-4-6-11(22)7-5-10/h4-9,25H,22H2,1-3H3,(H,23,24). The molecule has 3 rings (SSSR count). The molecule has 26 heavy (non-hydrogen) atoms. The first-order chi connectivity index (χ1) is 12.1. The van der Waals surface area contributed by atoms with Crippen LogP contribution in [0.3, 0.4) is 0 Å². The van der Waals surface area contributed by atoms with Crippen molar-refractivity contribution in [2.75, 3.05) is 11.1 Å². The monoisotopic (exact) mass is 495 g/mol. The molecule has 0 fully saturated rings. The molecule has 0 atom stereocenters. The van der Waals surface area contributed by atoms with Crippen LogP contribution in [0.25, 0.3) is 11.1 Å². The second-order valence-electron chi connectivity index (χ2n) is 6.99. The first-order valence-corrected chi connectivity index (χ1v) is 10.4. The lowest BCUT2D eigenvalue weighted by Gasteiger charge is -2.15. The number of phenols is 1. The molecule has 1 aromatic heterocycles. The first kappa shape index (κ1) is 19.2. The molecule has 3 aromatic rings. The summed E-state index contributed by atoms with van der Waals surface area (Å²) in [6.45, 7) is 6.37. The highest BCUT2D eigenvalue weighted by Gasteiger charge is 2.22. The van der Waals surface area contributed by atoms with E-state index in [-0.39, 0.29) is 11.2 Å². The summed E-state index contributed by atoms with van der Waals surface area (Å²) in [5, 5.41) is 14.5. The van der Waals surface area contributed by atoms with Gasteiger partial charge < -0.3 is 16.2 Å². The Labute approximate surface area is 173 Å². The fourth-order valence-electron chi connectivity index (χ4n) is 2.48. The SMILES string of the molecule is CC(C)(C)c1nc(Nc2cc(O)c(-c3ccc(N)cc3)cc2Br)sc1Br. The summed E-state index contributed by atoms with van der Waals surface area (Å²) in [4.78, 5) is 4.68. The molecule has 0 aliphatic heterocycles. The highest BCUT2D eigenvalue weighted by atomic mass is 79.9. The van der Waals surface area contributed by atoms with E-state index in [1.165, 1.54) is 11.3 Å². The van der Waals surface area contributed by atoms with E-state index in [0.29, 0.717) is 5.69 Å². The van der Waals surface area contributed by atoms with Crippen molar-refractivity contribution in [1.29, 1.82) is 0 Å². The predicted octanol–water partition coefficient (Wildman–Crippen LogP) is 6.66. The van der Waals surface area contributed by atoms with Gasteiger partial charge in [0, 0.05) is 27.2 Å². The van der Waals surface area contributed by atoms with Gasteiger partial charge in [0.15, 0.2) is 5.13 Å². The summed E-state index contributed by atoms with van der Waals surface area (Å²) in [6, 6.07) is 11.0. The average Bonchev–Trinajstić information content (AvgIpc) is 2.92. The molecule has 4 N–H and O–H groups in total. The van der Waals surface area contributed by atoms with E-state index in [0.717, 1.165) is 35.9 Å². The molecule has 0 aliphatic carbocycles. The van der Waals surface area contributed by atoms with Crippen LogP contribution in [-0.2, 0) is 5.41 Å². The number of anilines is 3. The lowest BCUT2D eigenvalue weighted by atomic mass is 9.93. The molecule has 2 aromatic carbocycles. The number of rotatable bonds is 3. The summed E-state index contributed by atoms with van der Waals surface area (Å²) in [6.07, 6.45) is 0. The maximum Gasteiger partial charge on any atom is 0.188 e. The molecule has 4 nitrogen and oxygen atoms in total. The van der Waals surface area contributed by atoms with E-state index in [1.54, 1.807) is 6.07 Å². The van der Waals surface area contributed by atoms with Crippen LogP contribution in [0.2, 0.25) is 0 Å². The maximum absolute atomic E-state index is 10.5. The number of aromatic hydroxyl groups is 1. The minimum atomic E-state index is -0.0480. The Bertz CT molecular complexity index is 947.